The summed E-state index contributed by atoms with van der Waals surface area (Å²) in [5.41, 5.74) is 0.515. The van der Waals surface area contributed by atoms with Crippen LogP contribution in [0.1, 0.15) is 26.2 Å². The van der Waals surface area contributed by atoms with Gasteiger partial charge in [-0.05, 0) is 49.6 Å². The highest BCUT2D eigenvalue weighted by atomic mass is 35.5. The first-order valence-electron chi connectivity index (χ1n) is 11.9. The number of halogens is 2. The van der Waals surface area contributed by atoms with Crippen LogP contribution in [0.15, 0.2) is 42.7 Å². The molecule has 3 aromatic rings. The molecule has 1 atom stereocenters. The van der Waals surface area contributed by atoms with E-state index in [9.17, 15) is 18.3 Å². The lowest BCUT2D eigenvalue weighted by atomic mass is 10.1. The molecule has 4 rings (SSSR count). The maximum atomic E-state index is 15.3. The van der Waals surface area contributed by atoms with E-state index in [0.29, 0.717) is 37.2 Å². The number of hydrogen-bond donors (Lipinski definition) is 3. The number of amides is 1. The van der Waals surface area contributed by atoms with Crippen molar-refractivity contribution in [1.82, 2.24) is 19.9 Å². The smallest absolute Gasteiger partial charge is 0.407 e. The Morgan fingerprint density at radius 1 is 1.26 bits per heavy atom. The first-order chi connectivity index (χ1) is 18.2. The maximum absolute atomic E-state index is 15.3. The number of hydrogen-bond acceptors (Lipinski definition) is 8. The molecule has 1 unspecified atom stereocenters. The van der Waals surface area contributed by atoms with Crippen LogP contribution in [0.3, 0.4) is 0 Å². The zero-order chi connectivity index (χ0) is 27.3. The maximum Gasteiger partial charge on any atom is 0.407 e. The Morgan fingerprint density at radius 3 is 2.84 bits per heavy atom. The van der Waals surface area contributed by atoms with Crippen LogP contribution in [-0.2, 0) is 10.0 Å². The summed E-state index contributed by atoms with van der Waals surface area (Å²) in [6.07, 6.45) is 3.83. The highest BCUT2D eigenvalue weighted by Crippen LogP contribution is 2.38. The van der Waals surface area contributed by atoms with Gasteiger partial charge >= 0.3 is 6.09 Å². The van der Waals surface area contributed by atoms with Crippen molar-refractivity contribution < 1.29 is 27.4 Å². The third-order valence-electron chi connectivity index (χ3n) is 5.71. The van der Waals surface area contributed by atoms with Gasteiger partial charge < -0.3 is 20.1 Å². The number of sulfonamides is 1. The summed E-state index contributed by atoms with van der Waals surface area (Å²) < 4.78 is 47.6. The van der Waals surface area contributed by atoms with Crippen molar-refractivity contribution in [3.63, 3.8) is 0 Å². The lowest BCUT2D eigenvalue weighted by Gasteiger charge is -2.31. The number of nitrogens with one attached hydrogen (secondary N) is 2. The summed E-state index contributed by atoms with van der Waals surface area (Å²) in [6.45, 7) is 2.48. The van der Waals surface area contributed by atoms with Crippen molar-refractivity contribution in [2.75, 3.05) is 28.9 Å². The highest BCUT2D eigenvalue weighted by Gasteiger charge is 2.24. The second-order valence-electron chi connectivity index (χ2n) is 8.59. The van der Waals surface area contributed by atoms with Gasteiger partial charge in [0.2, 0.25) is 21.9 Å². The third kappa shape index (κ3) is 6.58. The number of pyridine rings is 1. The van der Waals surface area contributed by atoms with Crippen molar-refractivity contribution in [3.8, 4) is 22.9 Å². The molecule has 0 bridgehead atoms. The van der Waals surface area contributed by atoms with Crippen molar-refractivity contribution in [2.45, 2.75) is 32.2 Å². The Balaban J connectivity index is 1.60. The predicted octanol–water partition coefficient (Wildman–Crippen LogP) is 4.83. The molecule has 0 spiro atoms. The number of carboxylic acid groups (broad SMARTS) is 1. The van der Waals surface area contributed by atoms with E-state index in [-0.39, 0.29) is 34.3 Å². The molecule has 3 heterocycles. The van der Waals surface area contributed by atoms with E-state index in [1.165, 1.54) is 29.4 Å². The van der Waals surface area contributed by atoms with E-state index < -0.39 is 27.7 Å². The van der Waals surface area contributed by atoms with Crippen LogP contribution in [0.5, 0.6) is 11.6 Å². The van der Waals surface area contributed by atoms with Crippen molar-refractivity contribution in [3.05, 3.63) is 53.6 Å². The first-order valence-corrected chi connectivity index (χ1v) is 13.9. The molecule has 11 nitrogen and oxygen atoms in total. The standard InChI is InChI=1S/C24H26ClFN6O5S/c1-2-13-38(35,36)31-19-8-7-17(25)21(20(19)26)37-22-16(6-3-10-27-22)18-9-11-28-23(30-18)29-15-5-4-12-32(14-15)24(33)34/h3,6-11,15,31H,2,4-5,12-14H2,1H3,(H,33,34)(H,28,29,30). The Hall–Kier alpha value is -3.71. The molecular formula is C24H26ClFN6O5S. The molecule has 202 valence electrons. The average molecular weight is 565 g/mol. The van der Waals surface area contributed by atoms with E-state index in [0.717, 1.165) is 6.42 Å². The quantitative estimate of drug-likeness (QED) is 0.332. The number of aromatic nitrogens is 3. The van der Waals surface area contributed by atoms with Crippen LogP contribution in [0.25, 0.3) is 11.3 Å². The monoisotopic (exact) mass is 564 g/mol. The van der Waals surface area contributed by atoms with E-state index in [1.54, 1.807) is 25.1 Å². The Kier molecular flexibility index (Phi) is 8.47. The number of anilines is 2. The van der Waals surface area contributed by atoms with Crippen molar-refractivity contribution in [1.29, 1.82) is 0 Å². The minimum Gasteiger partial charge on any atom is -0.465 e. The first kappa shape index (κ1) is 27.3. The van der Waals surface area contributed by atoms with Crippen LogP contribution in [0, 0.1) is 5.82 Å². The molecule has 1 aromatic carbocycles. The number of nitrogens with zero attached hydrogens (tertiary/aromatic N) is 4. The van der Waals surface area contributed by atoms with Crippen LogP contribution in [0.2, 0.25) is 5.02 Å². The Labute approximate surface area is 224 Å². The van der Waals surface area contributed by atoms with Gasteiger partial charge in [-0.2, -0.15) is 0 Å². The fourth-order valence-electron chi connectivity index (χ4n) is 3.99. The zero-order valence-electron chi connectivity index (χ0n) is 20.4. The average Bonchev–Trinajstić information content (AvgIpc) is 2.89. The number of carbonyl (C=O) groups is 1. The second-order valence-corrected chi connectivity index (χ2v) is 10.8. The molecule has 2 aromatic heterocycles. The van der Waals surface area contributed by atoms with Crippen LogP contribution in [-0.4, -0.2) is 64.4 Å². The van der Waals surface area contributed by atoms with Crippen molar-refractivity contribution >= 4 is 39.4 Å². The normalized spacial score (nSPS) is 15.7. The third-order valence-corrected chi connectivity index (χ3v) is 7.49. The van der Waals surface area contributed by atoms with E-state index in [2.05, 4.69) is 25.0 Å². The number of piperidine rings is 1. The highest BCUT2D eigenvalue weighted by molar-refractivity contribution is 7.92. The van der Waals surface area contributed by atoms with Gasteiger partial charge in [0.15, 0.2) is 11.6 Å². The lowest BCUT2D eigenvalue weighted by Crippen LogP contribution is -2.44. The van der Waals surface area contributed by atoms with Gasteiger partial charge in [0.05, 0.1) is 27.7 Å². The minimum absolute atomic E-state index is 0.0127. The molecule has 1 aliphatic heterocycles. The van der Waals surface area contributed by atoms with Gasteiger partial charge in [0.25, 0.3) is 0 Å². The second kappa shape index (κ2) is 11.8. The SMILES string of the molecule is CCCS(=O)(=O)Nc1ccc(Cl)c(Oc2ncccc2-c2ccnc(NC3CCCN(C(=O)O)C3)n2)c1F. The number of rotatable bonds is 9. The van der Waals surface area contributed by atoms with Gasteiger partial charge in [-0.3, -0.25) is 4.72 Å². The molecule has 0 radical (unpaired) electrons. The predicted molar refractivity (Wildman–Crippen MR) is 141 cm³/mol. The van der Waals surface area contributed by atoms with Crippen LogP contribution in [0.4, 0.5) is 20.8 Å². The van der Waals surface area contributed by atoms with Crippen LogP contribution >= 0.6 is 11.6 Å². The molecule has 14 heteroatoms. The van der Waals surface area contributed by atoms with Gasteiger partial charge in [0.1, 0.15) is 0 Å². The summed E-state index contributed by atoms with van der Waals surface area (Å²) in [5.74, 6) is -1.28. The molecule has 0 saturated carbocycles. The summed E-state index contributed by atoms with van der Waals surface area (Å²) in [6, 6.07) is 7.32. The zero-order valence-corrected chi connectivity index (χ0v) is 22.0. The number of likely N-dealkylation sites (tertiary alicyclic amines) is 1. The molecule has 0 aliphatic carbocycles. The van der Waals surface area contributed by atoms with E-state index >= 15 is 4.39 Å². The van der Waals surface area contributed by atoms with Crippen molar-refractivity contribution in [2.24, 2.45) is 0 Å². The molecule has 1 fully saturated rings. The van der Waals surface area contributed by atoms with Gasteiger partial charge in [-0.1, -0.05) is 18.5 Å². The molecule has 1 amide bonds. The number of benzene rings is 1. The molecule has 38 heavy (non-hydrogen) atoms. The largest absolute Gasteiger partial charge is 0.465 e. The summed E-state index contributed by atoms with van der Waals surface area (Å²) in [4.78, 5) is 25.6. The summed E-state index contributed by atoms with van der Waals surface area (Å²) >= 11 is 6.20. The van der Waals surface area contributed by atoms with Crippen LogP contribution < -0.4 is 14.8 Å². The fourth-order valence-corrected chi connectivity index (χ4v) is 5.30. The molecule has 1 aliphatic rings. The summed E-state index contributed by atoms with van der Waals surface area (Å²) in [7, 11) is -3.75. The molecular weight excluding hydrogens is 539 g/mol. The lowest BCUT2D eigenvalue weighted by molar-refractivity contribution is 0.132. The van der Waals surface area contributed by atoms with E-state index in [1.807, 2.05) is 0 Å². The fraction of sp³-hybridized carbons (Fsp3) is 0.333. The van der Waals surface area contributed by atoms with Gasteiger partial charge in [-0.15, -0.1) is 0 Å². The summed E-state index contributed by atoms with van der Waals surface area (Å²) in [5, 5.41) is 12.4. The Morgan fingerprint density at radius 2 is 2.08 bits per heavy atom. The molecule has 3 N–H and O–H groups in total. The minimum atomic E-state index is -3.75. The topological polar surface area (TPSA) is 147 Å². The van der Waals surface area contributed by atoms with Gasteiger partial charge in [-0.25, -0.2) is 32.6 Å². The van der Waals surface area contributed by atoms with Gasteiger partial charge in [0, 0.05) is 31.5 Å². The van der Waals surface area contributed by atoms with E-state index in [4.69, 9.17) is 16.3 Å². The number of ether oxygens (including phenoxy) is 1. The molecule has 1 saturated heterocycles. The Bertz CT molecular complexity index is 1430.